The third-order valence-corrected chi connectivity index (χ3v) is 7.34. The van der Waals surface area contributed by atoms with Gasteiger partial charge in [-0.05, 0) is 106 Å². The molecule has 2 heterocycles. The Morgan fingerprint density at radius 1 is 0.979 bits per heavy atom. The normalized spacial score (nSPS) is 13.1. The number of anilines is 1. The Bertz CT molecular complexity index is 1630. The number of hydrogen-bond acceptors (Lipinski definition) is 7. The number of benzene rings is 3. The standard InChI is InChI=1S/C29H28FN3O4.C7H16N2.C2H6/c1-18-13-21(16-23(30)14-18)15-20-7-10-25-24(17-20)26(32-33(25)28(36)37-29(2,3)4)31-27(35)22-8-5-19(6-9-22)11-12-34;1-2-5-9-6-3-8-4-7-9;1-2/h5-10,12-14,16-17H,11,15H2,1-4H3,(H,31,32,35);8H,2-7H2,1H3;1-2H3. The molecule has 0 spiro atoms. The molecule has 0 saturated carbocycles. The fraction of sp³-hybridized carbons (Fsp3) is 0.421. The van der Waals surface area contributed by atoms with Crippen molar-refractivity contribution in [3.8, 4) is 0 Å². The lowest BCUT2D eigenvalue weighted by Crippen LogP contribution is -2.43. The highest BCUT2D eigenvalue weighted by atomic mass is 19.1. The molecule has 1 aromatic heterocycles. The van der Waals surface area contributed by atoms with E-state index in [4.69, 9.17) is 4.74 Å². The number of amides is 1. The van der Waals surface area contributed by atoms with Gasteiger partial charge in [0.05, 0.1) is 5.52 Å². The van der Waals surface area contributed by atoms with Crippen LogP contribution in [0.4, 0.5) is 15.0 Å². The number of carbonyl (C=O) groups excluding carboxylic acids is 3. The lowest BCUT2D eigenvalue weighted by Gasteiger charge is -2.26. The number of aromatic nitrogens is 2. The van der Waals surface area contributed by atoms with E-state index in [0.29, 0.717) is 22.9 Å². The van der Waals surface area contributed by atoms with Crippen LogP contribution in [0.15, 0.2) is 60.7 Å². The van der Waals surface area contributed by atoms with E-state index in [1.54, 1.807) is 51.1 Å². The average Bonchev–Trinajstić information content (AvgIpc) is 3.40. The lowest BCUT2D eigenvalue weighted by molar-refractivity contribution is -0.107. The van der Waals surface area contributed by atoms with E-state index in [0.717, 1.165) is 33.2 Å². The van der Waals surface area contributed by atoms with Gasteiger partial charge in [-0.3, -0.25) is 4.79 Å². The highest BCUT2D eigenvalue weighted by molar-refractivity contribution is 6.09. The summed E-state index contributed by atoms with van der Waals surface area (Å²) < 4.78 is 20.5. The van der Waals surface area contributed by atoms with E-state index in [1.807, 2.05) is 39.0 Å². The second-order valence-electron chi connectivity index (χ2n) is 12.5. The second kappa shape index (κ2) is 18.2. The van der Waals surface area contributed by atoms with Crippen molar-refractivity contribution in [1.82, 2.24) is 20.0 Å². The summed E-state index contributed by atoms with van der Waals surface area (Å²) in [4.78, 5) is 39.1. The number of piperazine rings is 1. The van der Waals surface area contributed by atoms with E-state index in [9.17, 15) is 18.8 Å². The molecule has 0 atom stereocenters. The number of nitrogens with one attached hydrogen (secondary N) is 2. The van der Waals surface area contributed by atoms with Crippen molar-refractivity contribution < 1.29 is 23.5 Å². The first-order valence-corrected chi connectivity index (χ1v) is 16.7. The smallest absolute Gasteiger partial charge is 0.435 e. The molecule has 258 valence electrons. The first kappa shape index (κ1) is 38.0. The van der Waals surface area contributed by atoms with Gasteiger partial charge in [0, 0.05) is 43.5 Å². The van der Waals surface area contributed by atoms with Crippen LogP contribution in [0.1, 0.15) is 80.6 Å². The largest absolute Gasteiger partial charge is 0.442 e. The fourth-order valence-electron chi connectivity index (χ4n) is 5.28. The molecule has 0 radical (unpaired) electrons. The van der Waals surface area contributed by atoms with Gasteiger partial charge in [-0.25, -0.2) is 9.18 Å². The molecule has 48 heavy (non-hydrogen) atoms. The molecular formula is C38H50FN5O4. The van der Waals surface area contributed by atoms with Crippen LogP contribution in [0.25, 0.3) is 10.9 Å². The Kier molecular flexibility index (Phi) is 14.4. The number of carbonyl (C=O) groups is 3. The highest BCUT2D eigenvalue weighted by Crippen LogP contribution is 2.27. The summed E-state index contributed by atoms with van der Waals surface area (Å²) >= 11 is 0. The Morgan fingerprint density at radius 2 is 1.65 bits per heavy atom. The third kappa shape index (κ3) is 11.4. The van der Waals surface area contributed by atoms with Crippen molar-refractivity contribution in [1.29, 1.82) is 0 Å². The Labute approximate surface area is 283 Å². The minimum absolute atomic E-state index is 0.195. The van der Waals surface area contributed by atoms with Gasteiger partial charge in [0.15, 0.2) is 5.82 Å². The number of aldehydes is 1. The topological polar surface area (TPSA) is 106 Å². The molecule has 1 saturated heterocycles. The van der Waals surface area contributed by atoms with E-state index < -0.39 is 17.6 Å². The number of hydrogen-bond donors (Lipinski definition) is 2. The molecule has 0 unspecified atom stereocenters. The molecule has 2 N–H and O–H groups in total. The molecule has 1 aliphatic rings. The number of aryl methyl sites for hydroxylation is 1. The second-order valence-corrected chi connectivity index (χ2v) is 12.5. The summed E-state index contributed by atoms with van der Waals surface area (Å²) in [5.41, 5.74) is 3.37. The van der Waals surface area contributed by atoms with Crippen LogP contribution in [0, 0.1) is 12.7 Å². The Balaban J connectivity index is 0.000000486. The van der Waals surface area contributed by atoms with Crippen LogP contribution < -0.4 is 10.6 Å². The average molecular weight is 660 g/mol. The van der Waals surface area contributed by atoms with Gasteiger partial charge >= 0.3 is 6.09 Å². The first-order valence-electron chi connectivity index (χ1n) is 16.7. The van der Waals surface area contributed by atoms with Crippen LogP contribution in [-0.4, -0.2) is 71.3 Å². The van der Waals surface area contributed by atoms with Crippen molar-refractivity contribution in [2.24, 2.45) is 0 Å². The summed E-state index contributed by atoms with van der Waals surface area (Å²) in [5.74, 6) is -0.527. The zero-order valence-corrected chi connectivity index (χ0v) is 29.4. The molecule has 0 bridgehead atoms. The maximum atomic E-state index is 13.9. The Hall–Kier alpha value is -4.41. The molecular weight excluding hydrogens is 609 g/mol. The van der Waals surface area contributed by atoms with Crippen LogP contribution in [0.3, 0.4) is 0 Å². The predicted molar refractivity (Wildman–Crippen MR) is 190 cm³/mol. The third-order valence-electron chi connectivity index (χ3n) is 7.34. The molecule has 5 rings (SSSR count). The van der Waals surface area contributed by atoms with E-state index >= 15 is 0 Å². The van der Waals surface area contributed by atoms with Crippen LogP contribution >= 0.6 is 0 Å². The summed E-state index contributed by atoms with van der Waals surface area (Å²) in [6.07, 6.45) is 2.13. The van der Waals surface area contributed by atoms with Crippen LogP contribution in [-0.2, 0) is 22.4 Å². The van der Waals surface area contributed by atoms with Crippen molar-refractivity contribution in [2.75, 3.05) is 38.0 Å². The molecule has 1 fully saturated rings. The molecule has 1 aliphatic heterocycles. The molecule has 0 aliphatic carbocycles. The summed E-state index contributed by atoms with van der Waals surface area (Å²) in [5, 5.41) is 11.0. The zero-order chi connectivity index (χ0) is 35.3. The van der Waals surface area contributed by atoms with E-state index in [1.165, 1.54) is 51.3 Å². The number of nitrogens with zero attached hydrogens (tertiary/aromatic N) is 3. The molecule has 4 aromatic rings. The molecule has 9 nitrogen and oxygen atoms in total. The lowest BCUT2D eigenvalue weighted by atomic mass is 10.0. The van der Waals surface area contributed by atoms with Gasteiger partial charge in [0.2, 0.25) is 0 Å². The maximum Gasteiger partial charge on any atom is 0.435 e. The summed E-state index contributed by atoms with van der Waals surface area (Å²) in [6.45, 7) is 19.5. The van der Waals surface area contributed by atoms with E-state index in [2.05, 4.69) is 27.6 Å². The van der Waals surface area contributed by atoms with Crippen LogP contribution in [0.2, 0.25) is 0 Å². The van der Waals surface area contributed by atoms with Crippen LogP contribution in [0.5, 0.6) is 0 Å². The van der Waals surface area contributed by atoms with Gasteiger partial charge in [-0.1, -0.05) is 45.0 Å². The number of fused-ring (bicyclic) bond motifs is 1. The first-order chi connectivity index (χ1) is 23.0. The minimum atomic E-state index is -0.739. The molecule has 10 heteroatoms. The number of ether oxygens (including phenoxy) is 1. The number of rotatable bonds is 8. The Morgan fingerprint density at radius 3 is 2.25 bits per heavy atom. The van der Waals surface area contributed by atoms with Gasteiger partial charge < -0.3 is 25.1 Å². The quantitative estimate of drug-likeness (QED) is 0.193. The predicted octanol–water partition coefficient (Wildman–Crippen LogP) is 7.18. The van der Waals surface area contributed by atoms with Gasteiger partial charge in [-0.2, -0.15) is 4.68 Å². The van der Waals surface area contributed by atoms with Crippen molar-refractivity contribution in [3.05, 3.63) is 94.3 Å². The molecule has 1 amide bonds. The monoisotopic (exact) mass is 659 g/mol. The maximum absolute atomic E-state index is 13.9. The van der Waals surface area contributed by atoms with Crippen molar-refractivity contribution in [2.45, 2.75) is 73.3 Å². The van der Waals surface area contributed by atoms with Crippen molar-refractivity contribution >= 4 is 35.0 Å². The summed E-state index contributed by atoms with van der Waals surface area (Å²) in [7, 11) is 0. The van der Waals surface area contributed by atoms with Crippen molar-refractivity contribution in [3.63, 3.8) is 0 Å². The van der Waals surface area contributed by atoms with E-state index in [-0.39, 0.29) is 18.1 Å². The highest BCUT2D eigenvalue weighted by Gasteiger charge is 2.23. The number of halogens is 1. The van der Waals surface area contributed by atoms with Gasteiger partial charge in [0.25, 0.3) is 5.91 Å². The SMILES string of the molecule is CC.CCCN1CCNCC1.Cc1cc(F)cc(Cc2ccc3c(c2)c(NC(=O)c2ccc(CC=O)cc2)nn3C(=O)OC(C)(C)C)c1. The fourth-order valence-corrected chi connectivity index (χ4v) is 5.28. The summed E-state index contributed by atoms with van der Waals surface area (Å²) in [6, 6.07) is 16.9. The minimum Gasteiger partial charge on any atom is -0.442 e. The van der Waals surface area contributed by atoms with Gasteiger partial charge in [0.1, 0.15) is 17.7 Å². The zero-order valence-electron chi connectivity index (χ0n) is 29.4. The molecule has 3 aromatic carbocycles. The van der Waals surface area contributed by atoms with Gasteiger partial charge in [-0.15, -0.1) is 5.10 Å².